The molecule has 7 rings (SSSR count). The maximum atomic E-state index is 13.6. The number of likely N-dealkylation sites (tertiary alicyclic amines) is 2. The number of benzene rings is 2. The summed E-state index contributed by atoms with van der Waals surface area (Å²) in [6.07, 6.45) is 14.3. The van der Waals surface area contributed by atoms with Gasteiger partial charge in [-0.3, -0.25) is 14.2 Å². The number of amides is 2. The molecule has 3 aromatic rings. The predicted molar refractivity (Wildman–Crippen MR) is 215 cm³/mol. The molecule has 4 heterocycles. The Hall–Kier alpha value is -3.03. The molecule has 54 heavy (non-hydrogen) atoms. The van der Waals surface area contributed by atoms with Crippen LogP contribution in [-0.4, -0.2) is 115 Å². The van der Waals surface area contributed by atoms with Gasteiger partial charge in [-0.15, -0.1) is 11.3 Å². The Morgan fingerprint density at radius 3 is 2.15 bits per heavy atom. The maximum absolute atomic E-state index is 13.6. The number of likely N-dealkylation sites (N-methyl/N-ethyl adjacent to an activating group) is 1. The van der Waals surface area contributed by atoms with Crippen LogP contribution >= 0.6 is 18.9 Å². The van der Waals surface area contributed by atoms with Gasteiger partial charge in [0.25, 0.3) is 5.91 Å². The lowest BCUT2D eigenvalue weighted by molar-refractivity contribution is -0.119. The van der Waals surface area contributed by atoms with Gasteiger partial charge in [-0.25, -0.2) is 4.39 Å². The number of thiophene rings is 1. The molecule has 4 aliphatic rings. The standard InChI is InChI=1S/C11H11FNO4PS.C11H21NO2.C7H11NO.C6H6.C5H11N/c1-13-11(14)9-5-7-4-6(2-3-8(7)19-9)10(12)18(15,16)17;1-10(5-3-4-7-13)12(2)9-11-6-8-14-11;9-6-8-5-1-2-7(8)3-4-7;1-2-4-6-5-3-1;1-6-4-2-3-5-6/h2-5,10H,1H3,(H,13,14)(H2,15,16,17);7,10-11H,3-6,8-9H2,1-2H3;6H,1-5H2;1-6H;2-5H2,1H3. The van der Waals surface area contributed by atoms with Crippen LogP contribution in [0.3, 0.4) is 0 Å². The number of halogens is 1. The van der Waals surface area contributed by atoms with Crippen LogP contribution in [0.1, 0.15) is 92.3 Å². The number of hydrogen-bond acceptors (Lipinski definition) is 8. The molecular weight excluding hydrogens is 730 g/mol. The molecule has 11 nitrogen and oxygen atoms in total. The first-order valence-electron chi connectivity index (χ1n) is 18.9. The summed E-state index contributed by atoms with van der Waals surface area (Å²) in [5.74, 6) is -2.60. The Bertz CT molecular complexity index is 1570. The van der Waals surface area contributed by atoms with Gasteiger partial charge in [-0.2, -0.15) is 0 Å². The molecular formula is C40H60FN4O7PS. The molecule has 4 fully saturated rings. The highest BCUT2D eigenvalue weighted by molar-refractivity contribution is 7.51. The highest BCUT2D eigenvalue weighted by Crippen LogP contribution is 2.53. The number of fused-ring (bicyclic) bond motifs is 1. The molecule has 0 bridgehead atoms. The smallest absolute Gasteiger partial charge is 0.363 e. The average Bonchev–Trinajstić information content (AvgIpc) is 3.43. The monoisotopic (exact) mass is 790 g/mol. The third-order valence-corrected chi connectivity index (χ3v) is 12.1. The van der Waals surface area contributed by atoms with Crippen LogP contribution in [0.25, 0.3) is 10.1 Å². The van der Waals surface area contributed by atoms with Crippen molar-refractivity contribution in [3.05, 3.63) is 71.1 Å². The predicted octanol–water partition coefficient (Wildman–Crippen LogP) is 7.04. The van der Waals surface area contributed by atoms with E-state index in [2.05, 4.69) is 36.1 Å². The number of hydrogen-bond donors (Lipinski definition) is 3. The maximum Gasteiger partial charge on any atom is 0.363 e. The number of nitrogens with one attached hydrogen (secondary N) is 1. The van der Waals surface area contributed by atoms with Crippen molar-refractivity contribution in [1.29, 1.82) is 0 Å². The molecule has 3 saturated heterocycles. The first-order valence-corrected chi connectivity index (χ1v) is 21.4. The van der Waals surface area contributed by atoms with Crippen LogP contribution in [0.2, 0.25) is 0 Å². The van der Waals surface area contributed by atoms with Gasteiger partial charge in [0.05, 0.1) is 11.0 Å². The number of rotatable bonds is 11. The Balaban J connectivity index is 0.000000195. The van der Waals surface area contributed by atoms with E-state index in [-0.39, 0.29) is 11.5 Å². The van der Waals surface area contributed by atoms with Crippen molar-refractivity contribution in [2.45, 2.75) is 94.7 Å². The van der Waals surface area contributed by atoms with Crippen molar-refractivity contribution in [3.8, 4) is 0 Å². The lowest BCUT2D eigenvalue weighted by atomic mass is 10.1. The van der Waals surface area contributed by atoms with E-state index < -0.39 is 13.5 Å². The first-order chi connectivity index (χ1) is 25.8. The third-order valence-electron chi connectivity index (χ3n) is 10.1. The minimum absolute atomic E-state index is 0.0953. The number of nitrogens with zero attached hydrogens (tertiary/aromatic N) is 3. The van der Waals surface area contributed by atoms with E-state index in [1.807, 2.05) is 41.3 Å². The molecule has 1 saturated carbocycles. The number of unbranched alkanes of at least 4 members (excludes halogenated alkanes) is 1. The fraction of sp³-hybridized carbons (Fsp3) is 0.575. The molecule has 1 aliphatic carbocycles. The molecule has 300 valence electrons. The number of aldehydes is 1. The SMILES string of the molecule is CC(CCCC=O)N(C)CC1CCO1.CN1CCCC1.CNC(=O)c1cc2cc(C(F)P(=O)(O)O)ccc2s1.O=CN1CCCC12CC2.c1ccccc1. The molecule has 3 N–H and O–H groups in total. The fourth-order valence-electron chi connectivity index (χ4n) is 6.35. The van der Waals surface area contributed by atoms with Crippen LogP contribution in [-0.2, 0) is 18.9 Å². The van der Waals surface area contributed by atoms with E-state index in [0.717, 1.165) is 49.9 Å². The summed E-state index contributed by atoms with van der Waals surface area (Å²) >= 11 is 1.23. The molecule has 14 heteroatoms. The second-order valence-electron chi connectivity index (χ2n) is 14.4. The summed E-state index contributed by atoms with van der Waals surface area (Å²) in [5, 5.41) is 3.06. The van der Waals surface area contributed by atoms with Crippen molar-refractivity contribution >= 4 is 47.6 Å². The van der Waals surface area contributed by atoms with Crippen LogP contribution < -0.4 is 5.32 Å². The first kappa shape index (κ1) is 45.4. The summed E-state index contributed by atoms with van der Waals surface area (Å²) in [6.45, 7) is 7.81. The topological polar surface area (TPSA) is 140 Å². The zero-order chi connectivity index (χ0) is 39.6. The van der Waals surface area contributed by atoms with Crippen LogP contribution in [0.5, 0.6) is 0 Å². The molecule has 2 aromatic carbocycles. The highest BCUT2D eigenvalue weighted by atomic mass is 32.1. The number of carbonyl (C=O) groups excluding carboxylic acids is 3. The number of carbonyl (C=O) groups is 3. The lowest BCUT2D eigenvalue weighted by Crippen LogP contribution is -2.41. The summed E-state index contributed by atoms with van der Waals surface area (Å²) in [6, 6.07) is 18.3. The van der Waals surface area contributed by atoms with Crippen LogP contribution in [0, 0.1) is 0 Å². The molecule has 1 spiro atoms. The largest absolute Gasteiger partial charge is 0.377 e. The molecule has 3 atom stereocenters. The van der Waals surface area contributed by atoms with E-state index in [0.29, 0.717) is 34.4 Å². The van der Waals surface area contributed by atoms with E-state index in [9.17, 15) is 23.3 Å². The Morgan fingerprint density at radius 2 is 1.70 bits per heavy atom. The third kappa shape index (κ3) is 15.2. The van der Waals surface area contributed by atoms with Crippen molar-refractivity contribution < 1.29 is 37.9 Å². The molecule has 1 aromatic heterocycles. The van der Waals surface area contributed by atoms with Gasteiger partial charge in [-0.1, -0.05) is 42.5 Å². The van der Waals surface area contributed by atoms with Gasteiger partial charge >= 0.3 is 7.60 Å². The Labute approximate surface area is 324 Å². The molecule has 3 unspecified atom stereocenters. The van der Waals surface area contributed by atoms with Gasteiger partial charge in [0.2, 0.25) is 12.3 Å². The lowest BCUT2D eigenvalue weighted by Gasteiger charge is -2.33. The fourth-order valence-corrected chi connectivity index (χ4v) is 7.89. The zero-order valence-corrected chi connectivity index (χ0v) is 34.0. The highest BCUT2D eigenvalue weighted by Gasteiger charge is 2.50. The second kappa shape index (κ2) is 23.1. The summed E-state index contributed by atoms with van der Waals surface area (Å²) in [5.41, 5.74) is 0.281. The van der Waals surface area contributed by atoms with Gasteiger partial charge in [0, 0.05) is 49.4 Å². The Morgan fingerprint density at radius 1 is 1.07 bits per heavy atom. The summed E-state index contributed by atoms with van der Waals surface area (Å²) < 4.78 is 30.6. The average molecular weight is 791 g/mol. The van der Waals surface area contributed by atoms with Crippen molar-refractivity contribution in [2.24, 2.45) is 0 Å². The van der Waals surface area contributed by atoms with Crippen molar-refractivity contribution in [1.82, 2.24) is 20.0 Å². The van der Waals surface area contributed by atoms with E-state index in [1.165, 1.54) is 88.6 Å². The Kier molecular flexibility index (Phi) is 19.4. The van der Waals surface area contributed by atoms with Gasteiger partial charge < -0.3 is 39.3 Å². The molecule has 3 aliphatic heterocycles. The van der Waals surface area contributed by atoms with Crippen LogP contribution in [0.4, 0.5) is 4.39 Å². The number of alkyl halides is 1. The van der Waals surface area contributed by atoms with E-state index in [4.69, 9.17) is 14.5 Å². The second-order valence-corrected chi connectivity index (χ2v) is 17.1. The zero-order valence-electron chi connectivity index (χ0n) is 32.3. The van der Waals surface area contributed by atoms with E-state index in [1.54, 1.807) is 12.1 Å². The van der Waals surface area contributed by atoms with Crippen molar-refractivity contribution in [2.75, 3.05) is 53.9 Å². The summed E-state index contributed by atoms with van der Waals surface area (Å²) in [7, 11) is 0.992. The quantitative estimate of drug-likeness (QED) is 0.106. The number of ether oxygens (including phenoxy) is 1. The van der Waals surface area contributed by atoms with Crippen molar-refractivity contribution in [3.63, 3.8) is 0 Å². The van der Waals surface area contributed by atoms with Crippen LogP contribution in [0.15, 0.2) is 60.7 Å². The minimum atomic E-state index is -4.82. The van der Waals surface area contributed by atoms with E-state index >= 15 is 0 Å². The van der Waals surface area contributed by atoms with Gasteiger partial charge in [-0.05, 0) is 121 Å². The van der Waals surface area contributed by atoms with Gasteiger partial charge in [0.15, 0.2) is 0 Å². The van der Waals surface area contributed by atoms with Gasteiger partial charge in [0.1, 0.15) is 6.29 Å². The molecule has 0 radical (unpaired) electrons. The molecule has 2 amide bonds. The summed E-state index contributed by atoms with van der Waals surface area (Å²) in [4.78, 5) is 56.8. The normalized spacial score (nSPS) is 19.3. The minimum Gasteiger partial charge on any atom is -0.377 e.